The van der Waals surface area contributed by atoms with Crippen molar-refractivity contribution in [1.82, 2.24) is 20.1 Å². The molecule has 4 rings (SSSR count). The summed E-state index contributed by atoms with van der Waals surface area (Å²) in [6.45, 7) is 12.0. The molecule has 7 nitrogen and oxygen atoms in total. The minimum atomic E-state index is 0. The van der Waals surface area contributed by atoms with Gasteiger partial charge in [0.15, 0.2) is 5.96 Å². The van der Waals surface area contributed by atoms with Crippen LogP contribution in [0.2, 0.25) is 0 Å². The van der Waals surface area contributed by atoms with Gasteiger partial charge in [0.1, 0.15) is 5.82 Å². The molecule has 1 aromatic heterocycles. The fraction of sp³-hybridized carbons (Fsp3) is 0.714. The highest BCUT2D eigenvalue weighted by Crippen LogP contribution is 2.20. The molecule has 1 aromatic rings. The van der Waals surface area contributed by atoms with Gasteiger partial charge in [0.2, 0.25) is 0 Å². The third-order valence-electron chi connectivity index (χ3n) is 6.01. The van der Waals surface area contributed by atoms with Gasteiger partial charge in [-0.1, -0.05) is 0 Å². The van der Waals surface area contributed by atoms with E-state index in [0.29, 0.717) is 12.6 Å². The third kappa shape index (κ3) is 5.95. The van der Waals surface area contributed by atoms with E-state index in [0.717, 1.165) is 70.8 Å². The molecule has 3 aliphatic rings. The number of rotatable bonds is 5. The van der Waals surface area contributed by atoms with E-state index in [1.807, 2.05) is 6.20 Å². The molecule has 0 spiro atoms. The van der Waals surface area contributed by atoms with Crippen molar-refractivity contribution in [2.45, 2.75) is 38.8 Å². The molecule has 1 atom stereocenters. The minimum absolute atomic E-state index is 0. The second-order valence-corrected chi connectivity index (χ2v) is 7.92. The van der Waals surface area contributed by atoms with Crippen LogP contribution in [0.5, 0.6) is 0 Å². The first-order valence-corrected chi connectivity index (χ1v) is 10.9. The summed E-state index contributed by atoms with van der Waals surface area (Å²) in [5.74, 6) is 2.14. The van der Waals surface area contributed by atoms with E-state index in [9.17, 15) is 0 Å². The van der Waals surface area contributed by atoms with Crippen LogP contribution in [-0.4, -0.2) is 85.8 Å². The molecule has 8 heteroatoms. The highest BCUT2D eigenvalue weighted by Gasteiger charge is 2.30. The van der Waals surface area contributed by atoms with Crippen LogP contribution in [0, 0.1) is 0 Å². The van der Waals surface area contributed by atoms with E-state index < -0.39 is 0 Å². The summed E-state index contributed by atoms with van der Waals surface area (Å²) >= 11 is 0. The number of anilines is 1. The highest BCUT2D eigenvalue weighted by molar-refractivity contribution is 14.0. The Labute approximate surface area is 191 Å². The van der Waals surface area contributed by atoms with E-state index in [-0.39, 0.29) is 24.0 Å². The average Bonchev–Trinajstić information content (AvgIpc) is 3.44. The largest absolute Gasteiger partial charge is 0.379 e. The molecule has 1 unspecified atom stereocenters. The Kier molecular flexibility index (Phi) is 8.80. The van der Waals surface area contributed by atoms with Crippen LogP contribution < -0.4 is 10.2 Å². The number of nitrogens with zero attached hydrogens (tertiary/aromatic N) is 5. The molecule has 3 saturated heterocycles. The van der Waals surface area contributed by atoms with Crippen molar-refractivity contribution < 1.29 is 4.74 Å². The van der Waals surface area contributed by atoms with Crippen LogP contribution in [0.15, 0.2) is 23.3 Å². The molecule has 0 amide bonds. The van der Waals surface area contributed by atoms with Crippen molar-refractivity contribution in [3.8, 4) is 0 Å². The SMILES string of the molecule is CCNC(=NCc1ccnc(N2CCCC2)c1)N1CCC(N2CCOCC2)C1.I. The molecule has 0 aliphatic carbocycles. The van der Waals surface area contributed by atoms with Crippen LogP contribution >= 0.6 is 24.0 Å². The number of likely N-dealkylation sites (tertiary alicyclic amines) is 1. The van der Waals surface area contributed by atoms with Gasteiger partial charge in [-0.05, 0) is 43.9 Å². The summed E-state index contributed by atoms with van der Waals surface area (Å²) in [5.41, 5.74) is 1.23. The molecule has 1 N–H and O–H groups in total. The Hall–Kier alpha value is -1.13. The maximum Gasteiger partial charge on any atom is 0.194 e. The van der Waals surface area contributed by atoms with E-state index in [4.69, 9.17) is 9.73 Å². The summed E-state index contributed by atoms with van der Waals surface area (Å²) < 4.78 is 5.51. The van der Waals surface area contributed by atoms with Crippen LogP contribution in [0.4, 0.5) is 5.82 Å². The summed E-state index contributed by atoms with van der Waals surface area (Å²) in [6, 6.07) is 4.92. The van der Waals surface area contributed by atoms with Crippen LogP contribution in [-0.2, 0) is 11.3 Å². The van der Waals surface area contributed by atoms with Crippen LogP contribution in [0.1, 0.15) is 31.7 Å². The Bertz CT molecular complexity index is 660. The highest BCUT2D eigenvalue weighted by atomic mass is 127. The van der Waals surface area contributed by atoms with Gasteiger partial charge in [0.25, 0.3) is 0 Å². The minimum Gasteiger partial charge on any atom is -0.379 e. The number of pyridine rings is 1. The monoisotopic (exact) mass is 514 g/mol. The second-order valence-electron chi connectivity index (χ2n) is 7.92. The van der Waals surface area contributed by atoms with Crippen LogP contribution in [0.3, 0.4) is 0 Å². The number of morpholine rings is 1. The molecular weight excluding hydrogens is 479 g/mol. The van der Waals surface area contributed by atoms with Gasteiger partial charge >= 0.3 is 0 Å². The Morgan fingerprint density at radius 1 is 1.21 bits per heavy atom. The number of aromatic nitrogens is 1. The van der Waals surface area contributed by atoms with E-state index >= 15 is 0 Å². The molecule has 29 heavy (non-hydrogen) atoms. The average molecular weight is 514 g/mol. The second kappa shape index (κ2) is 11.3. The molecular formula is C21H35IN6O. The number of ether oxygens (including phenoxy) is 1. The van der Waals surface area contributed by atoms with Gasteiger partial charge in [-0.25, -0.2) is 9.98 Å². The molecule has 0 saturated carbocycles. The number of hydrogen-bond donors (Lipinski definition) is 1. The number of halogens is 1. The zero-order chi connectivity index (χ0) is 19.2. The van der Waals surface area contributed by atoms with Crippen LogP contribution in [0.25, 0.3) is 0 Å². The van der Waals surface area contributed by atoms with Gasteiger partial charge in [-0.15, -0.1) is 24.0 Å². The maximum atomic E-state index is 5.51. The topological polar surface area (TPSA) is 56.2 Å². The Morgan fingerprint density at radius 2 is 2.00 bits per heavy atom. The van der Waals surface area contributed by atoms with Crippen molar-refractivity contribution in [3.63, 3.8) is 0 Å². The lowest BCUT2D eigenvalue weighted by atomic mass is 10.2. The molecule has 0 bridgehead atoms. The molecule has 3 aliphatic heterocycles. The van der Waals surface area contributed by atoms with Crippen molar-refractivity contribution in [2.75, 3.05) is 63.9 Å². The first-order valence-electron chi connectivity index (χ1n) is 10.9. The van der Waals surface area contributed by atoms with Crippen molar-refractivity contribution in [3.05, 3.63) is 23.9 Å². The fourth-order valence-corrected chi connectivity index (χ4v) is 4.44. The Morgan fingerprint density at radius 3 is 2.76 bits per heavy atom. The fourth-order valence-electron chi connectivity index (χ4n) is 4.44. The van der Waals surface area contributed by atoms with E-state index in [1.165, 1.54) is 24.8 Å². The number of guanidine groups is 1. The number of hydrogen-bond acceptors (Lipinski definition) is 5. The number of aliphatic imine (C=N–C) groups is 1. The zero-order valence-electron chi connectivity index (χ0n) is 17.6. The third-order valence-corrected chi connectivity index (χ3v) is 6.01. The smallest absolute Gasteiger partial charge is 0.194 e. The van der Waals surface area contributed by atoms with E-state index in [2.05, 4.69) is 44.1 Å². The summed E-state index contributed by atoms with van der Waals surface area (Å²) in [5, 5.41) is 3.49. The first-order chi connectivity index (χ1) is 13.8. The lowest BCUT2D eigenvalue weighted by molar-refractivity contribution is 0.0195. The lowest BCUT2D eigenvalue weighted by Gasteiger charge is -2.32. The summed E-state index contributed by atoms with van der Waals surface area (Å²) in [4.78, 5) is 16.9. The molecule has 0 radical (unpaired) electrons. The van der Waals surface area contributed by atoms with Gasteiger partial charge in [0.05, 0.1) is 19.8 Å². The normalized spacial score (nSPS) is 23.3. The van der Waals surface area contributed by atoms with Gasteiger partial charge < -0.3 is 19.9 Å². The summed E-state index contributed by atoms with van der Waals surface area (Å²) in [7, 11) is 0. The van der Waals surface area contributed by atoms with Gasteiger partial charge in [-0.2, -0.15) is 0 Å². The number of nitrogens with one attached hydrogen (secondary N) is 1. The predicted molar refractivity (Wildman–Crippen MR) is 128 cm³/mol. The first kappa shape index (κ1) is 22.6. The standard InChI is InChI=1S/C21H34N6O.HI/c1-2-22-21(27-10-6-19(17-27)25-11-13-28-14-12-25)24-16-18-5-7-23-20(15-18)26-8-3-4-9-26;/h5,7,15,19H,2-4,6,8-14,16-17H2,1H3,(H,22,24);1H. The van der Waals surface area contributed by atoms with E-state index in [1.54, 1.807) is 0 Å². The maximum absolute atomic E-state index is 5.51. The van der Waals surface area contributed by atoms with Gasteiger partial charge in [0, 0.05) is 58.1 Å². The lowest BCUT2D eigenvalue weighted by Crippen LogP contribution is -2.46. The molecule has 3 fully saturated rings. The Balaban J connectivity index is 0.00000240. The van der Waals surface area contributed by atoms with Gasteiger partial charge in [-0.3, -0.25) is 4.90 Å². The summed E-state index contributed by atoms with van der Waals surface area (Å²) in [6.07, 6.45) is 5.68. The quantitative estimate of drug-likeness (QED) is 0.370. The zero-order valence-corrected chi connectivity index (χ0v) is 19.9. The molecule has 4 heterocycles. The van der Waals surface area contributed by atoms with Crippen molar-refractivity contribution >= 4 is 35.8 Å². The van der Waals surface area contributed by atoms with Crippen molar-refractivity contribution in [1.29, 1.82) is 0 Å². The molecule has 0 aromatic carbocycles. The van der Waals surface area contributed by atoms with Crippen molar-refractivity contribution in [2.24, 2.45) is 4.99 Å². The predicted octanol–water partition coefficient (Wildman–Crippen LogP) is 2.17. The molecule has 162 valence electrons.